The largest absolute Gasteiger partial charge is 0.314 e. The predicted octanol–water partition coefficient (Wildman–Crippen LogP) is 4.49. The second kappa shape index (κ2) is 8.37. The third-order valence-corrected chi connectivity index (χ3v) is 4.29. The summed E-state index contributed by atoms with van der Waals surface area (Å²) in [5.74, 6) is 0. The maximum atomic E-state index is 3.69. The second-order valence-corrected chi connectivity index (χ2v) is 5.96. The number of benzene rings is 1. The smallest absolute Gasteiger partial charge is 0.00702 e. The fourth-order valence-corrected chi connectivity index (χ4v) is 2.94. The lowest BCUT2D eigenvalue weighted by Crippen LogP contribution is -2.28. The maximum absolute atomic E-state index is 3.69. The minimum Gasteiger partial charge on any atom is -0.314 e. The molecular formula is C18H29N. The summed E-state index contributed by atoms with van der Waals surface area (Å²) in [4.78, 5) is 0. The molecule has 0 amide bonds. The van der Waals surface area contributed by atoms with Gasteiger partial charge in [-0.1, -0.05) is 50.5 Å². The van der Waals surface area contributed by atoms with E-state index in [-0.39, 0.29) is 0 Å². The lowest BCUT2D eigenvalue weighted by Gasteiger charge is -2.15. The molecule has 1 heteroatoms. The van der Waals surface area contributed by atoms with Gasteiger partial charge in [0.15, 0.2) is 0 Å². The topological polar surface area (TPSA) is 12.0 Å². The van der Waals surface area contributed by atoms with Gasteiger partial charge in [0.2, 0.25) is 0 Å². The SMILES string of the molecule is CCCCc1ccc(CCC2CCCCCN2)cc1. The van der Waals surface area contributed by atoms with E-state index < -0.39 is 0 Å². The molecule has 0 radical (unpaired) electrons. The number of nitrogens with one attached hydrogen (secondary N) is 1. The van der Waals surface area contributed by atoms with E-state index >= 15 is 0 Å². The van der Waals surface area contributed by atoms with Crippen LogP contribution in [-0.2, 0) is 12.8 Å². The van der Waals surface area contributed by atoms with Gasteiger partial charge in [0.05, 0.1) is 0 Å². The van der Waals surface area contributed by atoms with Gasteiger partial charge in [0.1, 0.15) is 0 Å². The summed E-state index contributed by atoms with van der Waals surface area (Å²) in [5, 5.41) is 3.69. The normalized spacial score (nSPS) is 20.2. The van der Waals surface area contributed by atoms with Crippen LogP contribution in [0.2, 0.25) is 0 Å². The number of aryl methyl sites for hydroxylation is 2. The highest BCUT2D eigenvalue weighted by Crippen LogP contribution is 2.15. The zero-order chi connectivity index (χ0) is 13.3. The third kappa shape index (κ3) is 5.36. The third-order valence-electron chi connectivity index (χ3n) is 4.29. The molecule has 0 saturated carbocycles. The van der Waals surface area contributed by atoms with Crippen LogP contribution in [0, 0.1) is 0 Å². The lowest BCUT2D eigenvalue weighted by atomic mass is 10.00. The van der Waals surface area contributed by atoms with Crippen molar-refractivity contribution in [2.45, 2.75) is 70.8 Å². The summed E-state index contributed by atoms with van der Waals surface area (Å²) in [5.41, 5.74) is 3.00. The second-order valence-electron chi connectivity index (χ2n) is 5.96. The standard InChI is InChI=1S/C18H29N/c1-2-3-7-16-9-11-17(12-10-16)13-14-18-8-5-4-6-15-19-18/h9-12,18-19H,2-8,13-15H2,1H3. The van der Waals surface area contributed by atoms with E-state index in [1.165, 1.54) is 75.5 Å². The predicted molar refractivity (Wildman–Crippen MR) is 83.6 cm³/mol. The van der Waals surface area contributed by atoms with Crippen LogP contribution in [0.25, 0.3) is 0 Å². The molecule has 1 N–H and O–H groups in total. The van der Waals surface area contributed by atoms with Gasteiger partial charge in [-0.25, -0.2) is 0 Å². The Morgan fingerprint density at radius 1 is 1.00 bits per heavy atom. The average Bonchev–Trinajstić information content (AvgIpc) is 2.72. The van der Waals surface area contributed by atoms with Gasteiger partial charge >= 0.3 is 0 Å². The monoisotopic (exact) mass is 259 g/mol. The molecule has 0 spiro atoms. The van der Waals surface area contributed by atoms with Gasteiger partial charge in [-0.3, -0.25) is 0 Å². The first-order chi connectivity index (χ1) is 9.38. The summed E-state index contributed by atoms with van der Waals surface area (Å²) in [6.07, 6.45) is 11.9. The number of hydrogen-bond acceptors (Lipinski definition) is 1. The van der Waals surface area contributed by atoms with E-state index in [0.717, 1.165) is 6.04 Å². The summed E-state index contributed by atoms with van der Waals surface area (Å²) in [6.45, 7) is 3.48. The molecule has 1 unspecified atom stereocenters. The van der Waals surface area contributed by atoms with Crippen molar-refractivity contribution < 1.29 is 0 Å². The van der Waals surface area contributed by atoms with E-state index in [2.05, 4.69) is 36.5 Å². The first kappa shape index (κ1) is 14.6. The van der Waals surface area contributed by atoms with E-state index in [9.17, 15) is 0 Å². The van der Waals surface area contributed by atoms with E-state index in [0.29, 0.717) is 0 Å². The summed E-state index contributed by atoms with van der Waals surface area (Å²) in [7, 11) is 0. The Labute approximate surface area is 118 Å². The molecular weight excluding hydrogens is 230 g/mol. The number of rotatable bonds is 6. The fraction of sp³-hybridized carbons (Fsp3) is 0.667. The van der Waals surface area contributed by atoms with Gasteiger partial charge in [-0.05, 0) is 56.2 Å². The van der Waals surface area contributed by atoms with Crippen LogP contribution in [-0.4, -0.2) is 12.6 Å². The summed E-state index contributed by atoms with van der Waals surface area (Å²) < 4.78 is 0. The summed E-state index contributed by atoms with van der Waals surface area (Å²) >= 11 is 0. The molecule has 1 aliphatic rings. The summed E-state index contributed by atoms with van der Waals surface area (Å²) in [6, 6.07) is 10.1. The van der Waals surface area contributed by atoms with Crippen molar-refractivity contribution in [3.63, 3.8) is 0 Å². The molecule has 19 heavy (non-hydrogen) atoms. The van der Waals surface area contributed by atoms with Crippen molar-refractivity contribution in [3.8, 4) is 0 Å². The van der Waals surface area contributed by atoms with Crippen LogP contribution >= 0.6 is 0 Å². The van der Waals surface area contributed by atoms with Gasteiger partial charge in [-0.2, -0.15) is 0 Å². The van der Waals surface area contributed by atoms with Gasteiger partial charge in [-0.15, -0.1) is 0 Å². The molecule has 0 aliphatic carbocycles. The Morgan fingerprint density at radius 3 is 2.47 bits per heavy atom. The number of hydrogen-bond donors (Lipinski definition) is 1. The first-order valence-electron chi connectivity index (χ1n) is 8.19. The zero-order valence-corrected chi connectivity index (χ0v) is 12.5. The van der Waals surface area contributed by atoms with E-state index in [4.69, 9.17) is 0 Å². The van der Waals surface area contributed by atoms with E-state index in [1.54, 1.807) is 0 Å². The highest BCUT2D eigenvalue weighted by atomic mass is 14.9. The first-order valence-corrected chi connectivity index (χ1v) is 8.19. The minimum atomic E-state index is 0.752. The van der Waals surface area contributed by atoms with Crippen molar-refractivity contribution in [1.29, 1.82) is 0 Å². The van der Waals surface area contributed by atoms with Crippen LogP contribution in [0.4, 0.5) is 0 Å². The average molecular weight is 259 g/mol. The van der Waals surface area contributed by atoms with Crippen LogP contribution in [0.5, 0.6) is 0 Å². The maximum Gasteiger partial charge on any atom is 0.00702 e. The Bertz CT molecular complexity index is 333. The molecule has 1 saturated heterocycles. The molecule has 1 atom stereocenters. The van der Waals surface area contributed by atoms with Crippen molar-refractivity contribution in [1.82, 2.24) is 5.32 Å². The van der Waals surface area contributed by atoms with Crippen molar-refractivity contribution in [3.05, 3.63) is 35.4 Å². The van der Waals surface area contributed by atoms with E-state index in [1.807, 2.05) is 0 Å². The van der Waals surface area contributed by atoms with Crippen LogP contribution in [0.1, 0.15) is 63.0 Å². The fourth-order valence-electron chi connectivity index (χ4n) is 2.94. The Morgan fingerprint density at radius 2 is 1.74 bits per heavy atom. The molecule has 1 heterocycles. The Kier molecular flexibility index (Phi) is 6.43. The molecule has 1 aromatic carbocycles. The molecule has 0 bridgehead atoms. The van der Waals surface area contributed by atoms with Crippen LogP contribution < -0.4 is 5.32 Å². The molecule has 1 aliphatic heterocycles. The quantitative estimate of drug-likeness (QED) is 0.793. The minimum absolute atomic E-state index is 0.752. The molecule has 2 rings (SSSR count). The van der Waals surface area contributed by atoms with Gasteiger partial charge in [0, 0.05) is 6.04 Å². The van der Waals surface area contributed by atoms with Crippen molar-refractivity contribution in [2.24, 2.45) is 0 Å². The van der Waals surface area contributed by atoms with Gasteiger partial charge in [0.25, 0.3) is 0 Å². The molecule has 1 fully saturated rings. The molecule has 1 nitrogen and oxygen atoms in total. The van der Waals surface area contributed by atoms with Crippen LogP contribution in [0.15, 0.2) is 24.3 Å². The highest BCUT2D eigenvalue weighted by molar-refractivity contribution is 5.22. The zero-order valence-electron chi connectivity index (χ0n) is 12.5. The van der Waals surface area contributed by atoms with Crippen molar-refractivity contribution in [2.75, 3.05) is 6.54 Å². The number of unbranched alkanes of at least 4 members (excludes halogenated alkanes) is 1. The Hall–Kier alpha value is -0.820. The van der Waals surface area contributed by atoms with Crippen molar-refractivity contribution >= 4 is 0 Å². The highest BCUT2D eigenvalue weighted by Gasteiger charge is 2.10. The Balaban J connectivity index is 1.75. The molecule has 106 valence electrons. The molecule has 1 aromatic rings. The van der Waals surface area contributed by atoms with Gasteiger partial charge < -0.3 is 5.32 Å². The lowest BCUT2D eigenvalue weighted by molar-refractivity contribution is 0.478. The molecule has 0 aromatic heterocycles. The van der Waals surface area contributed by atoms with Crippen LogP contribution in [0.3, 0.4) is 0 Å².